The number of thioether (sulfide) groups is 1. The Balaban J connectivity index is 6.22. The Morgan fingerprint density at radius 1 is 0.838 bits per heavy atom. The number of nitrogens with one attached hydrogen (secondary N) is 1. The highest BCUT2D eigenvalue weighted by molar-refractivity contribution is 8.01. The van der Waals surface area contributed by atoms with Crippen LogP contribution in [-0.4, -0.2) is 102 Å². The number of nitrogens with zero attached hydrogens (tertiary/aromatic N) is 1. The Kier molecular flexibility index (Phi) is 11.4. The maximum Gasteiger partial charge on any atom is 0.460 e. The van der Waals surface area contributed by atoms with E-state index in [1.54, 1.807) is 19.0 Å². The molecule has 0 bridgehead atoms. The van der Waals surface area contributed by atoms with Crippen LogP contribution >= 0.6 is 11.8 Å². The Morgan fingerprint density at radius 3 is 1.68 bits per heavy atom. The normalized spacial score (nSPS) is 16.0. The minimum atomic E-state index is -8.17. The number of carboxylic acids is 1. The van der Waals surface area contributed by atoms with E-state index in [4.69, 9.17) is 5.11 Å². The predicted molar refractivity (Wildman–Crippen MR) is 100 cm³/mol. The molecule has 0 radical (unpaired) electrons. The summed E-state index contributed by atoms with van der Waals surface area (Å²) in [6.45, 7) is -2.83. The number of hydrogen-bond donors (Lipinski definition) is 2. The Labute approximate surface area is 203 Å². The number of alkyl halides is 14. The van der Waals surface area contributed by atoms with Crippen LogP contribution in [0.3, 0.4) is 0 Å². The van der Waals surface area contributed by atoms with Gasteiger partial charge in [-0.25, -0.2) is 4.39 Å². The van der Waals surface area contributed by atoms with Gasteiger partial charge in [-0.2, -0.15) is 57.1 Å². The van der Waals surface area contributed by atoms with E-state index >= 15 is 0 Å². The van der Waals surface area contributed by atoms with Gasteiger partial charge in [0.1, 0.15) is 11.9 Å². The molecule has 0 rings (SSSR count). The van der Waals surface area contributed by atoms with Gasteiger partial charge in [-0.1, -0.05) is 0 Å². The summed E-state index contributed by atoms with van der Waals surface area (Å²) in [6, 6.07) is 0. The van der Waals surface area contributed by atoms with Crippen molar-refractivity contribution in [1.29, 1.82) is 0 Å². The summed E-state index contributed by atoms with van der Waals surface area (Å²) < 4.78 is 186. The minimum absolute atomic E-state index is 0.151. The molecule has 2 atom stereocenters. The molecule has 2 N–H and O–H groups in total. The number of hydrogen-bond acceptors (Lipinski definition) is 4. The van der Waals surface area contributed by atoms with E-state index in [2.05, 4.69) is 0 Å². The van der Waals surface area contributed by atoms with Crippen molar-refractivity contribution in [3.63, 3.8) is 0 Å². The van der Waals surface area contributed by atoms with Crippen LogP contribution in [0.15, 0.2) is 0 Å². The number of aliphatic carboxylic acids is 1. The van der Waals surface area contributed by atoms with Gasteiger partial charge in [0.15, 0.2) is 0 Å². The molecule has 37 heavy (non-hydrogen) atoms. The Morgan fingerprint density at radius 2 is 1.30 bits per heavy atom. The maximum absolute atomic E-state index is 14.3. The van der Waals surface area contributed by atoms with E-state index in [0.29, 0.717) is 6.54 Å². The standard InChI is InChI=1S/C17H20F14N2O3S/c1-33(2)5-3-4-32-11(36)8(6-10(34)35)37-9(7-18)12(19,20)13(21,22)14(23,24)15(25,26)16(27,28)17(29,30)31/h8-9H,3-7H2,1-2H3,(H,32,36)(H,34,35). The van der Waals surface area contributed by atoms with Crippen molar-refractivity contribution >= 4 is 23.6 Å². The summed E-state index contributed by atoms with van der Waals surface area (Å²) in [5.74, 6) is -42.3. The van der Waals surface area contributed by atoms with Crippen molar-refractivity contribution in [2.45, 2.75) is 59.1 Å². The lowest BCUT2D eigenvalue weighted by molar-refractivity contribution is -0.439. The second kappa shape index (κ2) is 12.0. The van der Waals surface area contributed by atoms with Crippen molar-refractivity contribution in [3.05, 3.63) is 0 Å². The molecule has 220 valence electrons. The van der Waals surface area contributed by atoms with Gasteiger partial charge in [-0.05, 0) is 27.1 Å². The lowest BCUT2D eigenvalue weighted by Gasteiger charge is -2.41. The van der Waals surface area contributed by atoms with Gasteiger partial charge in [-0.15, -0.1) is 11.8 Å². The van der Waals surface area contributed by atoms with Crippen molar-refractivity contribution in [2.75, 3.05) is 33.9 Å². The summed E-state index contributed by atoms with van der Waals surface area (Å²) in [5, 5.41) is 4.35. The number of carboxylic acid groups (broad SMARTS) is 1. The summed E-state index contributed by atoms with van der Waals surface area (Å²) in [7, 11) is 3.17. The first-order chi connectivity index (χ1) is 16.3. The van der Waals surface area contributed by atoms with E-state index in [0.717, 1.165) is 0 Å². The molecular formula is C17H20F14N2O3S. The fourth-order valence-electron chi connectivity index (χ4n) is 2.48. The number of carbonyl (C=O) groups excluding carboxylic acids is 1. The van der Waals surface area contributed by atoms with E-state index in [-0.39, 0.29) is 13.0 Å². The van der Waals surface area contributed by atoms with Gasteiger partial charge in [0.25, 0.3) is 0 Å². The monoisotopic (exact) mass is 598 g/mol. The first kappa shape index (κ1) is 35.3. The average molecular weight is 598 g/mol. The summed E-state index contributed by atoms with van der Waals surface area (Å²) in [5.41, 5.74) is 0. The summed E-state index contributed by atoms with van der Waals surface area (Å²) in [6.07, 6.45) is -8.96. The van der Waals surface area contributed by atoms with Crippen molar-refractivity contribution < 1.29 is 76.2 Å². The van der Waals surface area contributed by atoms with E-state index in [9.17, 15) is 71.1 Å². The first-order valence-corrected chi connectivity index (χ1v) is 10.6. The number of halogens is 14. The number of rotatable bonds is 15. The highest BCUT2D eigenvalue weighted by atomic mass is 32.2. The van der Waals surface area contributed by atoms with Gasteiger partial charge in [0, 0.05) is 6.54 Å². The zero-order valence-corrected chi connectivity index (χ0v) is 19.4. The zero-order valence-electron chi connectivity index (χ0n) is 18.6. The SMILES string of the molecule is CN(C)CCCNC(=O)C(CC(=O)O)SC(CF)C(F)(F)C(F)(F)C(F)(F)C(F)(F)C(F)(F)C(F)(F)F. The Bertz CT molecular complexity index is 792. The predicted octanol–water partition coefficient (Wildman–Crippen LogP) is 4.71. The molecule has 0 aliphatic carbocycles. The molecule has 0 heterocycles. The fourth-order valence-corrected chi connectivity index (χ4v) is 3.72. The number of amides is 1. The van der Waals surface area contributed by atoms with Gasteiger partial charge >= 0.3 is 41.8 Å². The smallest absolute Gasteiger partial charge is 0.460 e. The third-order valence-corrected chi connectivity index (χ3v) is 6.02. The molecular weight excluding hydrogens is 578 g/mol. The minimum Gasteiger partial charge on any atom is -0.481 e. The maximum atomic E-state index is 14.3. The van der Waals surface area contributed by atoms with Crippen molar-refractivity contribution in [1.82, 2.24) is 10.2 Å². The molecule has 2 unspecified atom stereocenters. The van der Waals surface area contributed by atoms with Crippen LogP contribution in [0.5, 0.6) is 0 Å². The molecule has 0 aliphatic heterocycles. The van der Waals surface area contributed by atoms with Gasteiger partial charge in [-0.3, -0.25) is 9.59 Å². The quantitative estimate of drug-likeness (QED) is 0.211. The fraction of sp³-hybridized carbons (Fsp3) is 0.882. The van der Waals surface area contributed by atoms with E-state index in [1.165, 1.54) is 0 Å². The van der Waals surface area contributed by atoms with Crippen molar-refractivity contribution in [2.24, 2.45) is 0 Å². The van der Waals surface area contributed by atoms with Crippen LogP contribution in [0.4, 0.5) is 61.5 Å². The largest absolute Gasteiger partial charge is 0.481 e. The second-order valence-corrected chi connectivity index (χ2v) is 9.14. The molecule has 0 fully saturated rings. The van der Waals surface area contributed by atoms with Crippen LogP contribution in [-0.2, 0) is 9.59 Å². The van der Waals surface area contributed by atoms with E-state index in [1.807, 2.05) is 5.32 Å². The molecule has 0 aliphatic rings. The Hall–Kier alpha value is -1.73. The number of carbonyl (C=O) groups is 2. The summed E-state index contributed by atoms with van der Waals surface area (Å²) in [4.78, 5) is 24.6. The molecule has 5 nitrogen and oxygen atoms in total. The van der Waals surface area contributed by atoms with E-state index < -0.39 is 83.0 Å². The third-order valence-electron chi connectivity index (χ3n) is 4.56. The van der Waals surface area contributed by atoms with Crippen LogP contribution in [0, 0.1) is 0 Å². The van der Waals surface area contributed by atoms with Crippen LogP contribution in [0.1, 0.15) is 12.8 Å². The average Bonchev–Trinajstić information content (AvgIpc) is 2.71. The first-order valence-electron chi connectivity index (χ1n) is 9.64. The topological polar surface area (TPSA) is 69.6 Å². The highest BCUT2D eigenvalue weighted by Gasteiger charge is 2.91. The van der Waals surface area contributed by atoms with Gasteiger partial charge in [0.2, 0.25) is 5.91 Å². The molecule has 0 aromatic heterocycles. The van der Waals surface area contributed by atoms with Crippen LogP contribution < -0.4 is 5.32 Å². The molecule has 20 heteroatoms. The summed E-state index contributed by atoms with van der Waals surface area (Å²) >= 11 is -1.03. The molecule has 0 saturated heterocycles. The lowest BCUT2D eigenvalue weighted by Crippen LogP contribution is -2.71. The van der Waals surface area contributed by atoms with Gasteiger partial charge < -0.3 is 15.3 Å². The molecule has 1 amide bonds. The van der Waals surface area contributed by atoms with Crippen LogP contribution in [0.25, 0.3) is 0 Å². The molecule has 0 saturated carbocycles. The lowest BCUT2D eigenvalue weighted by atomic mass is 9.92. The van der Waals surface area contributed by atoms with Gasteiger partial charge in [0.05, 0.1) is 11.7 Å². The van der Waals surface area contributed by atoms with Crippen molar-refractivity contribution in [3.8, 4) is 0 Å². The molecule has 0 aromatic carbocycles. The third kappa shape index (κ3) is 7.23. The van der Waals surface area contributed by atoms with Crippen LogP contribution in [0.2, 0.25) is 0 Å². The highest BCUT2D eigenvalue weighted by Crippen LogP contribution is 2.61. The zero-order chi connectivity index (χ0) is 29.8. The molecule has 0 spiro atoms. The molecule has 0 aromatic rings. The second-order valence-electron chi connectivity index (χ2n) is 7.73.